The maximum absolute atomic E-state index is 10.6. The lowest BCUT2D eigenvalue weighted by Crippen LogP contribution is -2.11. The fraction of sp³-hybridized carbons (Fsp3) is 0.167. The average molecular weight is 273 g/mol. The maximum Gasteiger partial charge on any atom is 0.217 e. The minimum Gasteiger partial charge on any atom is -0.370 e. The van der Waals surface area contributed by atoms with E-state index >= 15 is 0 Å². The van der Waals surface area contributed by atoms with Crippen LogP contribution in [0.15, 0.2) is 36.7 Å². The van der Waals surface area contributed by atoms with Gasteiger partial charge in [0.15, 0.2) is 0 Å². The van der Waals surface area contributed by atoms with E-state index in [0.29, 0.717) is 12.8 Å². The van der Waals surface area contributed by atoms with E-state index in [2.05, 4.69) is 11.1 Å². The molecule has 1 amide bonds. The molecule has 0 fully saturated rings. The normalized spacial score (nSPS) is 9.18. The molecular formula is C12H14Cl2N2O. The summed E-state index contributed by atoms with van der Waals surface area (Å²) in [6.45, 7) is 0. The number of hydrogen-bond donors (Lipinski definition) is 1. The van der Waals surface area contributed by atoms with Crippen LogP contribution in [0.5, 0.6) is 0 Å². The molecule has 1 heterocycles. The number of primary amides is 1. The van der Waals surface area contributed by atoms with Crippen LogP contribution in [0.25, 0.3) is 10.8 Å². The predicted molar refractivity (Wildman–Crippen MR) is 73.8 cm³/mol. The van der Waals surface area contributed by atoms with Gasteiger partial charge in [-0.3, -0.25) is 9.78 Å². The zero-order valence-electron chi connectivity index (χ0n) is 9.13. The van der Waals surface area contributed by atoms with Crippen LogP contribution in [0, 0.1) is 0 Å². The smallest absolute Gasteiger partial charge is 0.217 e. The van der Waals surface area contributed by atoms with Crippen molar-refractivity contribution in [3.05, 3.63) is 42.2 Å². The molecule has 17 heavy (non-hydrogen) atoms. The van der Waals surface area contributed by atoms with Gasteiger partial charge < -0.3 is 5.73 Å². The number of rotatable bonds is 3. The highest BCUT2D eigenvalue weighted by Gasteiger charge is 1.99. The number of amides is 1. The third kappa shape index (κ3) is 4.21. The minimum atomic E-state index is -0.259. The molecule has 0 radical (unpaired) electrons. The highest BCUT2D eigenvalue weighted by Crippen LogP contribution is 2.15. The molecule has 5 heteroatoms. The topological polar surface area (TPSA) is 56.0 Å². The van der Waals surface area contributed by atoms with Gasteiger partial charge >= 0.3 is 0 Å². The molecule has 2 rings (SSSR count). The van der Waals surface area contributed by atoms with E-state index in [4.69, 9.17) is 5.73 Å². The van der Waals surface area contributed by atoms with E-state index in [1.807, 2.05) is 24.4 Å². The van der Waals surface area contributed by atoms with Crippen LogP contribution >= 0.6 is 24.8 Å². The first-order chi connectivity index (χ1) is 7.25. The van der Waals surface area contributed by atoms with Gasteiger partial charge in [-0.05, 0) is 23.4 Å². The second-order valence-electron chi connectivity index (χ2n) is 3.52. The second kappa shape index (κ2) is 7.09. The lowest BCUT2D eigenvalue weighted by molar-refractivity contribution is -0.117. The molecule has 0 saturated carbocycles. The van der Waals surface area contributed by atoms with Gasteiger partial charge in [0.25, 0.3) is 0 Å². The van der Waals surface area contributed by atoms with Crippen molar-refractivity contribution in [1.82, 2.24) is 4.98 Å². The Morgan fingerprint density at radius 2 is 1.94 bits per heavy atom. The van der Waals surface area contributed by atoms with Gasteiger partial charge in [-0.25, -0.2) is 0 Å². The van der Waals surface area contributed by atoms with Gasteiger partial charge in [0, 0.05) is 24.2 Å². The van der Waals surface area contributed by atoms with E-state index in [-0.39, 0.29) is 30.7 Å². The molecule has 3 nitrogen and oxygen atoms in total. The van der Waals surface area contributed by atoms with E-state index < -0.39 is 0 Å². The summed E-state index contributed by atoms with van der Waals surface area (Å²) in [5.74, 6) is -0.259. The van der Waals surface area contributed by atoms with Crippen molar-refractivity contribution in [3.8, 4) is 0 Å². The summed E-state index contributed by atoms with van der Waals surface area (Å²) in [6.07, 6.45) is 4.69. The molecule has 0 aliphatic heterocycles. The van der Waals surface area contributed by atoms with Crippen LogP contribution in [0.3, 0.4) is 0 Å². The number of pyridine rings is 1. The van der Waals surface area contributed by atoms with Crippen molar-refractivity contribution in [2.24, 2.45) is 5.73 Å². The third-order valence-electron chi connectivity index (χ3n) is 2.37. The summed E-state index contributed by atoms with van der Waals surface area (Å²) in [4.78, 5) is 14.7. The molecule has 92 valence electrons. The van der Waals surface area contributed by atoms with Crippen LogP contribution in [-0.2, 0) is 11.2 Å². The molecule has 1 aromatic carbocycles. The van der Waals surface area contributed by atoms with Gasteiger partial charge in [-0.1, -0.05) is 18.2 Å². The molecule has 0 spiro atoms. The van der Waals surface area contributed by atoms with Crippen molar-refractivity contribution in [1.29, 1.82) is 0 Å². The number of aromatic nitrogens is 1. The quantitative estimate of drug-likeness (QED) is 0.934. The third-order valence-corrected chi connectivity index (χ3v) is 2.37. The number of halogens is 2. The Hall–Kier alpha value is -1.32. The first-order valence-electron chi connectivity index (χ1n) is 4.87. The van der Waals surface area contributed by atoms with E-state index in [1.165, 1.54) is 0 Å². The largest absolute Gasteiger partial charge is 0.370 e. The van der Waals surface area contributed by atoms with Crippen molar-refractivity contribution >= 4 is 41.5 Å². The number of hydrogen-bond acceptors (Lipinski definition) is 2. The maximum atomic E-state index is 10.6. The highest BCUT2D eigenvalue weighted by atomic mass is 35.5. The molecule has 0 aliphatic carbocycles. The molecule has 0 unspecified atom stereocenters. The van der Waals surface area contributed by atoms with Crippen LogP contribution < -0.4 is 5.73 Å². The van der Waals surface area contributed by atoms with Gasteiger partial charge in [0.05, 0.1) is 0 Å². The number of carbonyl (C=O) groups excluding carboxylic acids is 1. The van der Waals surface area contributed by atoms with Crippen LogP contribution in [0.4, 0.5) is 0 Å². The zero-order chi connectivity index (χ0) is 10.7. The summed E-state index contributed by atoms with van der Waals surface area (Å²) in [5.41, 5.74) is 6.24. The van der Waals surface area contributed by atoms with Crippen molar-refractivity contribution < 1.29 is 4.79 Å². The molecule has 0 bridgehead atoms. The van der Waals surface area contributed by atoms with Crippen molar-refractivity contribution in [2.75, 3.05) is 0 Å². The molecular weight excluding hydrogens is 259 g/mol. The number of benzene rings is 1. The summed E-state index contributed by atoms with van der Waals surface area (Å²) in [7, 11) is 0. The number of nitrogens with two attached hydrogens (primary N) is 1. The molecule has 0 aliphatic rings. The molecule has 1 aromatic heterocycles. The Labute approximate surface area is 112 Å². The van der Waals surface area contributed by atoms with Gasteiger partial charge in [-0.15, -0.1) is 24.8 Å². The van der Waals surface area contributed by atoms with E-state index in [9.17, 15) is 4.79 Å². The first-order valence-corrected chi connectivity index (χ1v) is 4.87. The molecule has 0 saturated heterocycles. The number of fused-ring (bicyclic) bond motifs is 1. The van der Waals surface area contributed by atoms with Gasteiger partial charge in [0.2, 0.25) is 5.91 Å². The summed E-state index contributed by atoms with van der Waals surface area (Å²) in [5, 5.41) is 2.26. The van der Waals surface area contributed by atoms with E-state index in [0.717, 1.165) is 16.3 Å². The molecule has 2 aromatic rings. The molecule has 0 atom stereocenters. The Morgan fingerprint density at radius 3 is 2.65 bits per heavy atom. The summed E-state index contributed by atoms with van der Waals surface area (Å²) in [6, 6.07) is 8.05. The number of carbonyl (C=O) groups is 1. The first kappa shape index (κ1) is 15.7. The van der Waals surface area contributed by atoms with Crippen LogP contribution in [0.1, 0.15) is 12.0 Å². The zero-order valence-corrected chi connectivity index (χ0v) is 10.8. The average Bonchev–Trinajstić information content (AvgIpc) is 2.26. The molecule has 2 N–H and O–H groups in total. The van der Waals surface area contributed by atoms with E-state index in [1.54, 1.807) is 6.20 Å². The Balaban J connectivity index is 0.00000128. The fourth-order valence-electron chi connectivity index (χ4n) is 1.56. The lowest BCUT2D eigenvalue weighted by atomic mass is 10.1. The monoisotopic (exact) mass is 272 g/mol. The Bertz CT molecular complexity index is 503. The second-order valence-corrected chi connectivity index (χ2v) is 3.52. The SMILES string of the molecule is Cl.Cl.NC(=O)CCc1ccc2cnccc2c1. The number of nitrogens with zero attached hydrogens (tertiary/aromatic N) is 1. The fourth-order valence-corrected chi connectivity index (χ4v) is 1.56. The summed E-state index contributed by atoms with van der Waals surface area (Å²) < 4.78 is 0. The summed E-state index contributed by atoms with van der Waals surface area (Å²) >= 11 is 0. The van der Waals surface area contributed by atoms with Crippen LogP contribution in [-0.4, -0.2) is 10.9 Å². The Morgan fingerprint density at radius 1 is 1.18 bits per heavy atom. The van der Waals surface area contributed by atoms with Gasteiger partial charge in [-0.2, -0.15) is 0 Å². The predicted octanol–water partition coefficient (Wildman–Crippen LogP) is 2.50. The highest BCUT2D eigenvalue weighted by molar-refractivity contribution is 5.85. The number of aryl methyl sites for hydroxylation is 1. The standard InChI is InChI=1S/C12H12N2O.2ClH/c13-12(15)4-2-9-1-3-11-8-14-6-5-10(11)7-9;;/h1,3,5-8H,2,4H2,(H2,13,15);2*1H. The van der Waals surface area contributed by atoms with Crippen molar-refractivity contribution in [3.63, 3.8) is 0 Å². The minimum absolute atomic E-state index is 0. The van der Waals surface area contributed by atoms with Gasteiger partial charge in [0.1, 0.15) is 0 Å². The van der Waals surface area contributed by atoms with Crippen LogP contribution in [0.2, 0.25) is 0 Å². The Kier molecular flexibility index (Phi) is 6.54. The lowest BCUT2D eigenvalue weighted by Gasteiger charge is -2.01. The van der Waals surface area contributed by atoms with Crippen molar-refractivity contribution in [2.45, 2.75) is 12.8 Å².